The summed E-state index contributed by atoms with van der Waals surface area (Å²) >= 11 is 0. The van der Waals surface area contributed by atoms with Crippen molar-refractivity contribution in [2.24, 2.45) is 0 Å². The van der Waals surface area contributed by atoms with E-state index in [0.29, 0.717) is 25.3 Å². The largest absolute Gasteiger partial charge is 0.380 e. The van der Waals surface area contributed by atoms with Gasteiger partial charge in [0.15, 0.2) is 0 Å². The number of nitrogens with zero attached hydrogens (tertiary/aromatic N) is 1. The number of anilines is 1. The van der Waals surface area contributed by atoms with Crippen LogP contribution in [0.5, 0.6) is 0 Å². The zero-order chi connectivity index (χ0) is 15.2. The van der Waals surface area contributed by atoms with E-state index in [2.05, 4.69) is 26.1 Å². The fourth-order valence-corrected chi connectivity index (χ4v) is 1.90. The Bertz CT molecular complexity index is 415. The highest BCUT2D eigenvalue weighted by Crippen LogP contribution is 2.22. The molecule has 0 heterocycles. The number of benzene rings is 1. The SMILES string of the molecule is CCOCCN(C)c1cccc(F)c1CNC(C)(C)C. The second kappa shape index (κ2) is 7.60. The van der Waals surface area contributed by atoms with Crippen molar-refractivity contribution in [2.45, 2.75) is 39.8 Å². The minimum absolute atomic E-state index is 0.0382. The Morgan fingerprint density at radius 1 is 1.30 bits per heavy atom. The number of hydrogen-bond acceptors (Lipinski definition) is 3. The Balaban J connectivity index is 2.81. The Labute approximate surface area is 122 Å². The summed E-state index contributed by atoms with van der Waals surface area (Å²) < 4.78 is 19.4. The number of rotatable bonds is 7. The van der Waals surface area contributed by atoms with Crippen molar-refractivity contribution in [2.75, 3.05) is 31.7 Å². The van der Waals surface area contributed by atoms with Gasteiger partial charge in [0.2, 0.25) is 0 Å². The predicted molar refractivity (Wildman–Crippen MR) is 82.8 cm³/mol. The van der Waals surface area contributed by atoms with Gasteiger partial charge in [-0.2, -0.15) is 0 Å². The van der Waals surface area contributed by atoms with Crippen molar-refractivity contribution in [3.8, 4) is 0 Å². The highest BCUT2D eigenvalue weighted by atomic mass is 19.1. The first-order valence-corrected chi connectivity index (χ1v) is 7.16. The summed E-state index contributed by atoms with van der Waals surface area (Å²) in [7, 11) is 1.97. The van der Waals surface area contributed by atoms with E-state index >= 15 is 0 Å². The van der Waals surface area contributed by atoms with Crippen LogP contribution < -0.4 is 10.2 Å². The lowest BCUT2D eigenvalue weighted by atomic mass is 10.1. The molecule has 20 heavy (non-hydrogen) atoms. The molecule has 0 fully saturated rings. The third kappa shape index (κ3) is 5.47. The van der Waals surface area contributed by atoms with Gasteiger partial charge in [0, 0.05) is 43.5 Å². The van der Waals surface area contributed by atoms with E-state index in [1.165, 1.54) is 6.07 Å². The van der Waals surface area contributed by atoms with E-state index in [-0.39, 0.29) is 11.4 Å². The normalized spacial score (nSPS) is 11.7. The van der Waals surface area contributed by atoms with Crippen LogP contribution in [0.2, 0.25) is 0 Å². The first-order chi connectivity index (χ1) is 9.35. The molecule has 1 rings (SSSR count). The minimum Gasteiger partial charge on any atom is -0.380 e. The number of nitrogens with one attached hydrogen (secondary N) is 1. The molecule has 0 unspecified atom stereocenters. The second-order valence-corrected chi connectivity index (χ2v) is 5.96. The highest BCUT2D eigenvalue weighted by molar-refractivity contribution is 5.53. The zero-order valence-electron chi connectivity index (χ0n) is 13.3. The van der Waals surface area contributed by atoms with Gasteiger partial charge in [-0.15, -0.1) is 0 Å². The van der Waals surface area contributed by atoms with E-state index in [4.69, 9.17) is 4.74 Å². The quantitative estimate of drug-likeness (QED) is 0.777. The van der Waals surface area contributed by atoms with Gasteiger partial charge in [0.25, 0.3) is 0 Å². The van der Waals surface area contributed by atoms with Gasteiger partial charge in [0.05, 0.1) is 6.61 Å². The van der Waals surface area contributed by atoms with Crippen molar-refractivity contribution in [1.82, 2.24) is 5.32 Å². The lowest BCUT2D eigenvalue weighted by Gasteiger charge is -2.26. The Kier molecular flexibility index (Phi) is 6.43. The fourth-order valence-electron chi connectivity index (χ4n) is 1.90. The molecule has 114 valence electrons. The van der Waals surface area contributed by atoms with Crippen LogP contribution >= 0.6 is 0 Å². The highest BCUT2D eigenvalue weighted by Gasteiger charge is 2.15. The molecular formula is C16H27FN2O. The van der Waals surface area contributed by atoms with Gasteiger partial charge in [-0.3, -0.25) is 0 Å². The van der Waals surface area contributed by atoms with Crippen LogP contribution in [0, 0.1) is 5.82 Å². The molecule has 0 aliphatic heterocycles. The maximum absolute atomic E-state index is 14.1. The summed E-state index contributed by atoms with van der Waals surface area (Å²) in [5.41, 5.74) is 1.59. The van der Waals surface area contributed by atoms with E-state index in [1.807, 2.05) is 24.9 Å². The first kappa shape index (κ1) is 16.9. The standard InChI is InChI=1S/C16H27FN2O/c1-6-20-11-10-19(5)15-9-7-8-14(17)13(15)12-18-16(2,3)4/h7-9,18H,6,10-12H2,1-5H3. The van der Waals surface area contributed by atoms with Crippen molar-refractivity contribution in [3.05, 3.63) is 29.6 Å². The van der Waals surface area contributed by atoms with Crippen LogP contribution in [-0.4, -0.2) is 32.3 Å². The number of halogens is 1. The van der Waals surface area contributed by atoms with Gasteiger partial charge in [-0.05, 0) is 39.8 Å². The van der Waals surface area contributed by atoms with Crippen molar-refractivity contribution < 1.29 is 9.13 Å². The molecule has 1 aromatic carbocycles. The van der Waals surface area contributed by atoms with Crippen LogP contribution in [0.4, 0.5) is 10.1 Å². The molecule has 1 aromatic rings. The molecular weight excluding hydrogens is 255 g/mol. The summed E-state index contributed by atoms with van der Waals surface area (Å²) in [4.78, 5) is 2.04. The van der Waals surface area contributed by atoms with Crippen molar-refractivity contribution in [3.63, 3.8) is 0 Å². The second-order valence-electron chi connectivity index (χ2n) is 5.96. The molecule has 3 nitrogen and oxygen atoms in total. The zero-order valence-corrected chi connectivity index (χ0v) is 13.3. The number of likely N-dealkylation sites (N-methyl/N-ethyl adjacent to an activating group) is 1. The topological polar surface area (TPSA) is 24.5 Å². The van der Waals surface area contributed by atoms with Gasteiger partial charge in [-0.1, -0.05) is 6.07 Å². The lowest BCUT2D eigenvalue weighted by Crippen LogP contribution is -2.36. The molecule has 0 aliphatic rings. The summed E-state index contributed by atoms with van der Waals surface area (Å²) in [6, 6.07) is 5.22. The van der Waals surface area contributed by atoms with Crippen LogP contribution in [0.25, 0.3) is 0 Å². The molecule has 0 radical (unpaired) electrons. The molecule has 0 bridgehead atoms. The molecule has 0 aliphatic carbocycles. The van der Waals surface area contributed by atoms with Gasteiger partial charge in [-0.25, -0.2) is 4.39 Å². The smallest absolute Gasteiger partial charge is 0.129 e. The van der Waals surface area contributed by atoms with E-state index in [1.54, 1.807) is 6.07 Å². The van der Waals surface area contributed by atoms with Crippen LogP contribution in [-0.2, 0) is 11.3 Å². The third-order valence-corrected chi connectivity index (χ3v) is 3.08. The summed E-state index contributed by atoms with van der Waals surface area (Å²) in [5, 5.41) is 3.34. The fraction of sp³-hybridized carbons (Fsp3) is 0.625. The average molecular weight is 282 g/mol. The lowest BCUT2D eigenvalue weighted by molar-refractivity contribution is 0.154. The first-order valence-electron chi connectivity index (χ1n) is 7.16. The molecule has 1 N–H and O–H groups in total. The maximum Gasteiger partial charge on any atom is 0.129 e. The van der Waals surface area contributed by atoms with Crippen molar-refractivity contribution in [1.29, 1.82) is 0 Å². The Hall–Kier alpha value is -1.13. The van der Waals surface area contributed by atoms with E-state index < -0.39 is 0 Å². The van der Waals surface area contributed by atoms with Crippen molar-refractivity contribution >= 4 is 5.69 Å². The van der Waals surface area contributed by atoms with Gasteiger partial charge < -0.3 is 15.0 Å². The monoisotopic (exact) mass is 282 g/mol. The van der Waals surface area contributed by atoms with Crippen LogP contribution in [0.15, 0.2) is 18.2 Å². The van der Waals surface area contributed by atoms with Gasteiger partial charge >= 0.3 is 0 Å². The molecule has 0 aromatic heterocycles. The molecule has 0 saturated heterocycles. The molecule has 0 spiro atoms. The Morgan fingerprint density at radius 3 is 2.60 bits per heavy atom. The summed E-state index contributed by atoms with van der Waals surface area (Å²) in [6.45, 7) is 10.8. The van der Waals surface area contributed by atoms with E-state index in [0.717, 1.165) is 12.2 Å². The molecule has 0 atom stereocenters. The number of ether oxygens (including phenoxy) is 1. The minimum atomic E-state index is -0.164. The van der Waals surface area contributed by atoms with E-state index in [9.17, 15) is 4.39 Å². The third-order valence-electron chi connectivity index (χ3n) is 3.08. The van der Waals surface area contributed by atoms with Crippen LogP contribution in [0.1, 0.15) is 33.3 Å². The summed E-state index contributed by atoms with van der Waals surface area (Å²) in [5.74, 6) is -0.164. The number of hydrogen-bond donors (Lipinski definition) is 1. The van der Waals surface area contributed by atoms with Gasteiger partial charge in [0.1, 0.15) is 5.82 Å². The van der Waals surface area contributed by atoms with Crippen LogP contribution in [0.3, 0.4) is 0 Å². The maximum atomic E-state index is 14.1. The molecule has 0 saturated carbocycles. The summed E-state index contributed by atoms with van der Waals surface area (Å²) in [6.07, 6.45) is 0. The molecule has 0 amide bonds. The Morgan fingerprint density at radius 2 is 2.00 bits per heavy atom. The predicted octanol–water partition coefficient (Wildman–Crippen LogP) is 3.19. The molecule has 4 heteroatoms. The average Bonchev–Trinajstić information content (AvgIpc) is 2.36.